The molecule has 4 nitrogen and oxygen atoms in total. The highest BCUT2D eigenvalue weighted by Crippen LogP contribution is 2.58. The molecule has 0 aromatic carbocycles. The van der Waals surface area contributed by atoms with Gasteiger partial charge in [0.1, 0.15) is 5.60 Å². The van der Waals surface area contributed by atoms with Gasteiger partial charge in [0.15, 0.2) is 0 Å². The molecule has 3 fully saturated rings. The smallest absolute Gasteiger partial charge is 0.255 e. The highest BCUT2D eigenvalue weighted by molar-refractivity contribution is 6.21. The predicted octanol–water partition coefficient (Wildman–Crippen LogP) is 5.09. The Hall–Kier alpha value is -0.810. The first kappa shape index (κ1) is 20.9. The van der Waals surface area contributed by atoms with Crippen LogP contribution in [0.5, 0.6) is 0 Å². The molecule has 8 atom stereocenters. The van der Waals surface area contributed by atoms with Crippen LogP contribution in [0, 0.1) is 30.9 Å². The van der Waals surface area contributed by atoms with Gasteiger partial charge in [-0.25, -0.2) is 13.1 Å². The van der Waals surface area contributed by atoms with E-state index in [0.717, 1.165) is 32.1 Å². The predicted molar refractivity (Wildman–Crippen MR) is 107 cm³/mol. The normalized spacial score (nSPS) is 52.3. The molecule has 0 spiro atoms. The quantitative estimate of drug-likeness (QED) is 0.498. The van der Waals surface area contributed by atoms with Gasteiger partial charge in [0.05, 0.1) is 22.5 Å². The molecule has 0 bridgehead atoms. The maximum absolute atomic E-state index is 11.0. The van der Waals surface area contributed by atoms with Gasteiger partial charge < -0.3 is 19.5 Å². The Bertz CT molecular complexity index is 679. The van der Waals surface area contributed by atoms with Crippen molar-refractivity contribution in [1.82, 2.24) is 0 Å². The van der Waals surface area contributed by atoms with Gasteiger partial charge in [0.2, 0.25) is 5.54 Å². The topological polar surface area (TPSA) is 38.2 Å². The maximum Gasteiger partial charge on any atom is 0.255 e. The fraction of sp³-hybridized carbons (Fsp3) is 0.909. The molecule has 1 heterocycles. The average Bonchev–Trinajstić information content (AvgIpc) is 2.57. The van der Waals surface area contributed by atoms with E-state index in [1.54, 1.807) is 6.92 Å². The van der Waals surface area contributed by atoms with E-state index in [-0.39, 0.29) is 28.7 Å². The first-order chi connectivity index (χ1) is 12.4. The molecule has 3 rings (SSSR count). The Balaban J connectivity index is 2.03. The summed E-state index contributed by atoms with van der Waals surface area (Å²) in [6.07, 6.45) is 4.83. The largest absolute Gasteiger partial charge is 0.382 e. The molecule has 27 heavy (non-hydrogen) atoms. The van der Waals surface area contributed by atoms with E-state index in [0.29, 0.717) is 6.42 Å². The SMILES string of the molecule is [C-]#[N+]C1C2C([C@@]3(C)CC[C@@H](Cl)C(C)(C)O3)CC[C@](C)([N+]#[C-])C2CC[C@@]1(C)O. The summed E-state index contributed by atoms with van der Waals surface area (Å²) in [7, 11) is 0. The van der Waals surface area contributed by atoms with E-state index >= 15 is 0 Å². The van der Waals surface area contributed by atoms with Crippen molar-refractivity contribution in [2.24, 2.45) is 17.8 Å². The minimum Gasteiger partial charge on any atom is -0.382 e. The van der Waals surface area contributed by atoms with Crippen molar-refractivity contribution in [3.63, 3.8) is 0 Å². The van der Waals surface area contributed by atoms with Gasteiger partial charge in [0, 0.05) is 19.3 Å². The third-order valence-electron chi connectivity index (χ3n) is 7.98. The van der Waals surface area contributed by atoms with Gasteiger partial charge in [-0.2, -0.15) is 0 Å². The van der Waals surface area contributed by atoms with Gasteiger partial charge in [-0.3, -0.25) is 0 Å². The number of nitrogens with zero attached hydrogens (tertiary/aromatic N) is 2. The Morgan fingerprint density at radius 1 is 0.963 bits per heavy atom. The van der Waals surface area contributed by atoms with Gasteiger partial charge >= 0.3 is 0 Å². The Morgan fingerprint density at radius 2 is 1.59 bits per heavy atom. The standard InChI is InChI=1S/C22H33ClN2O2/c1-19(2)16(23)10-13-22(5,27-19)15-8-11-20(3,25-7)14-9-12-21(4,26)18(24-6)17(14)15/h14-18,26H,8-13H2,1-5H3/t14?,15?,16-,17?,18?,20+,21-,22-/m1/s1. The summed E-state index contributed by atoms with van der Waals surface area (Å²) in [5.41, 5.74) is -2.25. The van der Waals surface area contributed by atoms with Crippen LogP contribution in [-0.2, 0) is 4.74 Å². The van der Waals surface area contributed by atoms with Gasteiger partial charge in [0.25, 0.3) is 6.04 Å². The minimum absolute atomic E-state index is 0.0215. The molecule has 2 saturated carbocycles. The lowest BCUT2D eigenvalue weighted by molar-refractivity contribution is -0.217. The van der Waals surface area contributed by atoms with E-state index in [1.807, 2.05) is 0 Å². The molecule has 4 unspecified atom stereocenters. The summed E-state index contributed by atoms with van der Waals surface area (Å²) >= 11 is 6.53. The molecule has 2 aliphatic carbocycles. The monoisotopic (exact) mass is 392 g/mol. The van der Waals surface area contributed by atoms with Crippen LogP contribution < -0.4 is 0 Å². The summed E-state index contributed by atoms with van der Waals surface area (Å²) in [5.74, 6) is 0.267. The molecule has 5 heteroatoms. The van der Waals surface area contributed by atoms with E-state index in [9.17, 15) is 5.11 Å². The molecule has 3 aliphatic rings. The molecular formula is C22H33ClN2O2. The number of fused-ring (bicyclic) bond motifs is 1. The summed E-state index contributed by atoms with van der Waals surface area (Å²) in [6.45, 7) is 25.8. The number of aliphatic hydroxyl groups is 1. The third kappa shape index (κ3) is 3.29. The van der Waals surface area contributed by atoms with Crippen LogP contribution in [0.25, 0.3) is 9.69 Å². The molecule has 150 valence electrons. The molecule has 1 aliphatic heterocycles. The van der Waals surface area contributed by atoms with Gasteiger partial charge in [-0.15, -0.1) is 11.6 Å². The summed E-state index contributed by atoms with van der Waals surface area (Å²) < 4.78 is 6.63. The van der Waals surface area contributed by atoms with Gasteiger partial charge in [-0.05, 0) is 65.7 Å². The van der Waals surface area contributed by atoms with Crippen LogP contribution >= 0.6 is 11.6 Å². The molecule has 1 N–H and O–H groups in total. The Morgan fingerprint density at radius 3 is 2.15 bits per heavy atom. The lowest BCUT2D eigenvalue weighted by Crippen LogP contribution is -2.64. The second kappa shape index (κ2) is 6.62. The summed E-state index contributed by atoms with van der Waals surface area (Å²) in [4.78, 5) is 7.95. The number of hydrogen-bond acceptors (Lipinski definition) is 2. The zero-order valence-electron chi connectivity index (χ0n) is 17.3. The highest BCUT2D eigenvalue weighted by Gasteiger charge is 2.66. The van der Waals surface area contributed by atoms with Crippen molar-refractivity contribution in [3.8, 4) is 0 Å². The number of rotatable bonds is 1. The van der Waals surface area contributed by atoms with E-state index in [4.69, 9.17) is 29.5 Å². The van der Waals surface area contributed by atoms with Crippen molar-refractivity contribution in [2.45, 2.75) is 107 Å². The number of halogens is 1. The van der Waals surface area contributed by atoms with Crippen molar-refractivity contribution < 1.29 is 9.84 Å². The zero-order chi connectivity index (χ0) is 20.3. The van der Waals surface area contributed by atoms with Crippen LogP contribution in [0.2, 0.25) is 0 Å². The summed E-state index contributed by atoms with van der Waals surface area (Å²) in [6, 6.07) is -0.486. The highest BCUT2D eigenvalue weighted by atomic mass is 35.5. The van der Waals surface area contributed by atoms with Crippen molar-refractivity contribution in [1.29, 1.82) is 0 Å². The molecular weight excluding hydrogens is 360 g/mol. The summed E-state index contributed by atoms with van der Waals surface area (Å²) in [5, 5.41) is 11.0. The van der Waals surface area contributed by atoms with E-state index < -0.39 is 22.8 Å². The first-order valence-corrected chi connectivity index (χ1v) is 10.7. The first-order valence-electron chi connectivity index (χ1n) is 10.2. The fourth-order valence-corrected chi connectivity index (χ4v) is 6.44. The van der Waals surface area contributed by atoms with Gasteiger partial charge in [-0.1, -0.05) is 0 Å². The Labute approximate surface area is 169 Å². The van der Waals surface area contributed by atoms with E-state index in [1.165, 1.54) is 0 Å². The molecule has 1 saturated heterocycles. The second-order valence-corrected chi connectivity index (χ2v) is 10.8. The van der Waals surface area contributed by atoms with Crippen molar-refractivity contribution in [3.05, 3.63) is 22.8 Å². The van der Waals surface area contributed by atoms with Crippen molar-refractivity contribution in [2.75, 3.05) is 0 Å². The fourth-order valence-electron chi connectivity index (χ4n) is 6.29. The van der Waals surface area contributed by atoms with E-state index in [2.05, 4.69) is 37.4 Å². The second-order valence-electron chi connectivity index (χ2n) is 10.3. The Kier molecular flexibility index (Phi) is 5.13. The molecule has 0 amide bonds. The number of ether oxygens (including phenoxy) is 1. The average molecular weight is 393 g/mol. The maximum atomic E-state index is 11.0. The van der Waals surface area contributed by atoms with Crippen LogP contribution in [0.15, 0.2) is 0 Å². The lowest BCUT2D eigenvalue weighted by Gasteiger charge is -2.57. The minimum atomic E-state index is -1.00. The van der Waals surface area contributed by atoms with Crippen LogP contribution in [0.1, 0.15) is 73.1 Å². The third-order valence-corrected chi connectivity index (χ3v) is 8.72. The molecule has 0 radical (unpaired) electrons. The van der Waals surface area contributed by atoms with Crippen LogP contribution in [-0.4, -0.2) is 38.9 Å². The lowest BCUT2D eigenvalue weighted by atomic mass is 9.51. The zero-order valence-corrected chi connectivity index (χ0v) is 18.0. The van der Waals surface area contributed by atoms with Crippen LogP contribution in [0.4, 0.5) is 0 Å². The van der Waals surface area contributed by atoms with Crippen molar-refractivity contribution >= 4 is 11.6 Å². The number of alkyl halides is 1. The molecule has 0 aromatic rings. The van der Waals surface area contributed by atoms with Crippen LogP contribution in [0.3, 0.4) is 0 Å². The number of hydrogen-bond donors (Lipinski definition) is 1. The molecule has 0 aromatic heterocycles.